The highest BCUT2D eigenvalue weighted by molar-refractivity contribution is 5.91. The van der Waals surface area contributed by atoms with Crippen LogP contribution in [0, 0.1) is 18.8 Å². The first-order chi connectivity index (χ1) is 10.2. The minimum atomic E-state index is -0.204. The molecule has 0 atom stereocenters. The first-order valence-electron chi connectivity index (χ1n) is 6.74. The van der Waals surface area contributed by atoms with Crippen molar-refractivity contribution in [3.63, 3.8) is 0 Å². The van der Waals surface area contributed by atoms with Gasteiger partial charge in [0.15, 0.2) is 0 Å². The molecule has 114 valence electrons. The van der Waals surface area contributed by atoms with Crippen LogP contribution in [0.25, 0.3) is 0 Å². The van der Waals surface area contributed by atoms with E-state index in [-0.39, 0.29) is 19.1 Å². The van der Waals surface area contributed by atoms with Crippen molar-refractivity contribution in [1.29, 1.82) is 0 Å². The molecule has 0 aliphatic rings. The Balaban J connectivity index is 2.52. The number of hydrogen-bond acceptors (Lipinski definition) is 4. The van der Waals surface area contributed by atoms with Gasteiger partial charge in [-0.25, -0.2) is 0 Å². The van der Waals surface area contributed by atoms with Crippen LogP contribution in [-0.4, -0.2) is 44.6 Å². The van der Waals surface area contributed by atoms with Crippen LogP contribution in [0.15, 0.2) is 18.2 Å². The summed E-state index contributed by atoms with van der Waals surface area (Å²) in [5.74, 6) is 5.65. The summed E-state index contributed by atoms with van der Waals surface area (Å²) in [7, 11) is 1.58. The summed E-state index contributed by atoms with van der Waals surface area (Å²) < 4.78 is 9.97. The molecule has 0 aliphatic heterocycles. The quantitative estimate of drug-likeness (QED) is 0.587. The molecule has 0 radical (unpaired) electrons. The first kappa shape index (κ1) is 17.2. The third-order valence-corrected chi connectivity index (χ3v) is 2.63. The number of amides is 1. The minimum absolute atomic E-state index is 0.000461. The van der Waals surface area contributed by atoms with Gasteiger partial charge in [0.2, 0.25) is 5.91 Å². The van der Waals surface area contributed by atoms with E-state index in [4.69, 9.17) is 14.6 Å². The van der Waals surface area contributed by atoms with Crippen molar-refractivity contribution in [2.24, 2.45) is 0 Å². The zero-order chi connectivity index (χ0) is 15.5. The molecule has 0 unspecified atom stereocenters. The molecule has 0 aromatic heterocycles. The van der Waals surface area contributed by atoms with E-state index >= 15 is 0 Å². The summed E-state index contributed by atoms with van der Waals surface area (Å²) in [5, 5.41) is 11.5. The molecule has 0 aliphatic carbocycles. The number of anilines is 1. The highest BCUT2D eigenvalue weighted by Gasteiger charge is 2.04. The fourth-order valence-corrected chi connectivity index (χ4v) is 1.60. The maximum Gasteiger partial charge on any atom is 0.250 e. The number of aryl methyl sites for hydroxylation is 1. The number of nitrogens with one attached hydrogen (secondary N) is 1. The smallest absolute Gasteiger partial charge is 0.250 e. The second kappa shape index (κ2) is 9.94. The standard InChI is InChI=1S/C16H21NO4/c1-13-11-15(7-6-14(13)5-3-4-8-18)17-16(19)12-21-10-9-20-2/h6-7,11,18H,4,8-10,12H2,1-2H3,(H,17,19). The third-order valence-electron chi connectivity index (χ3n) is 2.63. The molecule has 0 fully saturated rings. The number of ether oxygens (including phenoxy) is 2. The minimum Gasteiger partial charge on any atom is -0.395 e. The number of rotatable bonds is 7. The molecule has 1 aromatic carbocycles. The van der Waals surface area contributed by atoms with Gasteiger partial charge in [0.05, 0.1) is 19.8 Å². The molecule has 21 heavy (non-hydrogen) atoms. The van der Waals surface area contributed by atoms with Gasteiger partial charge in [-0.2, -0.15) is 0 Å². The Bertz CT molecular complexity index is 517. The van der Waals surface area contributed by atoms with Gasteiger partial charge >= 0.3 is 0 Å². The van der Waals surface area contributed by atoms with Crippen molar-refractivity contribution < 1.29 is 19.4 Å². The van der Waals surface area contributed by atoms with Crippen LogP contribution in [0.5, 0.6) is 0 Å². The molecule has 5 heteroatoms. The van der Waals surface area contributed by atoms with Crippen LogP contribution < -0.4 is 5.32 Å². The molecule has 1 rings (SSSR count). The van der Waals surface area contributed by atoms with E-state index in [2.05, 4.69) is 17.2 Å². The van der Waals surface area contributed by atoms with Crippen molar-refractivity contribution in [3.8, 4) is 11.8 Å². The average Bonchev–Trinajstić information content (AvgIpc) is 2.46. The molecule has 0 heterocycles. The summed E-state index contributed by atoms with van der Waals surface area (Å²) in [6.07, 6.45) is 0.455. The summed E-state index contributed by atoms with van der Waals surface area (Å²) in [6.45, 7) is 2.84. The molecular weight excluding hydrogens is 270 g/mol. The third kappa shape index (κ3) is 6.91. The van der Waals surface area contributed by atoms with Crippen molar-refractivity contribution in [1.82, 2.24) is 0 Å². The summed E-state index contributed by atoms with van der Waals surface area (Å²) in [4.78, 5) is 11.7. The Kier molecular flexibility index (Phi) is 8.14. The number of carbonyl (C=O) groups is 1. The number of aliphatic hydroxyl groups excluding tert-OH is 1. The van der Waals surface area contributed by atoms with E-state index in [0.717, 1.165) is 11.1 Å². The van der Waals surface area contributed by atoms with Crippen LogP contribution in [0.1, 0.15) is 17.5 Å². The Labute approximate surface area is 125 Å². The average molecular weight is 291 g/mol. The number of methoxy groups -OCH3 is 1. The van der Waals surface area contributed by atoms with Gasteiger partial charge in [-0.05, 0) is 30.7 Å². The first-order valence-corrected chi connectivity index (χ1v) is 6.74. The van der Waals surface area contributed by atoms with Crippen LogP contribution in [-0.2, 0) is 14.3 Å². The number of aliphatic hydroxyl groups is 1. The second-order valence-electron chi connectivity index (χ2n) is 4.40. The lowest BCUT2D eigenvalue weighted by Crippen LogP contribution is -2.19. The maximum absolute atomic E-state index is 11.7. The number of hydrogen-bond donors (Lipinski definition) is 2. The van der Waals surface area contributed by atoms with E-state index in [1.807, 2.05) is 19.1 Å². The van der Waals surface area contributed by atoms with Gasteiger partial charge in [0.25, 0.3) is 0 Å². The highest BCUT2D eigenvalue weighted by Crippen LogP contribution is 2.14. The molecule has 0 saturated carbocycles. The van der Waals surface area contributed by atoms with E-state index in [1.54, 1.807) is 13.2 Å². The van der Waals surface area contributed by atoms with Gasteiger partial charge in [0, 0.05) is 24.8 Å². The van der Waals surface area contributed by atoms with Gasteiger partial charge in [-0.15, -0.1) is 0 Å². The second-order valence-corrected chi connectivity index (χ2v) is 4.40. The zero-order valence-electron chi connectivity index (χ0n) is 12.4. The summed E-state index contributed by atoms with van der Waals surface area (Å²) >= 11 is 0. The Morgan fingerprint density at radius 3 is 2.86 bits per heavy atom. The summed E-state index contributed by atoms with van der Waals surface area (Å²) in [6, 6.07) is 5.50. The number of benzene rings is 1. The van der Waals surface area contributed by atoms with Crippen molar-refractivity contribution in [2.75, 3.05) is 38.9 Å². The molecular formula is C16H21NO4. The molecule has 1 amide bonds. The lowest BCUT2D eigenvalue weighted by molar-refractivity contribution is -0.121. The van der Waals surface area contributed by atoms with Crippen LogP contribution in [0.3, 0.4) is 0 Å². The Morgan fingerprint density at radius 2 is 2.19 bits per heavy atom. The number of carbonyl (C=O) groups excluding carboxylic acids is 1. The Hall–Kier alpha value is -1.87. The lowest BCUT2D eigenvalue weighted by Gasteiger charge is -2.08. The zero-order valence-corrected chi connectivity index (χ0v) is 12.4. The molecule has 5 nitrogen and oxygen atoms in total. The fraction of sp³-hybridized carbons (Fsp3) is 0.438. The molecule has 0 saturated heterocycles. The molecule has 1 aromatic rings. The summed E-state index contributed by atoms with van der Waals surface area (Å²) in [5.41, 5.74) is 2.57. The van der Waals surface area contributed by atoms with E-state index in [1.165, 1.54) is 0 Å². The predicted molar refractivity (Wildman–Crippen MR) is 81.1 cm³/mol. The highest BCUT2D eigenvalue weighted by atomic mass is 16.5. The fourth-order valence-electron chi connectivity index (χ4n) is 1.60. The predicted octanol–water partition coefficient (Wildman–Crippen LogP) is 1.33. The largest absolute Gasteiger partial charge is 0.395 e. The maximum atomic E-state index is 11.7. The monoisotopic (exact) mass is 291 g/mol. The molecule has 0 bridgehead atoms. The van der Waals surface area contributed by atoms with E-state index in [0.29, 0.717) is 25.3 Å². The van der Waals surface area contributed by atoms with Gasteiger partial charge in [-0.1, -0.05) is 11.8 Å². The van der Waals surface area contributed by atoms with E-state index < -0.39 is 0 Å². The van der Waals surface area contributed by atoms with Crippen LogP contribution in [0.2, 0.25) is 0 Å². The molecule has 0 spiro atoms. The molecule has 2 N–H and O–H groups in total. The Morgan fingerprint density at radius 1 is 1.38 bits per heavy atom. The topological polar surface area (TPSA) is 67.8 Å². The SMILES string of the molecule is COCCOCC(=O)Nc1ccc(C#CCCO)c(C)c1. The van der Waals surface area contributed by atoms with Crippen LogP contribution >= 0.6 is 0 Å². The lowest BCUT2D eigenvalue weighted by atomic mass is 10.1. The van der Waals surface area contributed by atoms with Gasteiger partial charge in [0.1, 0.15) is 6.61 Å². The van der Waals surface area contributed by atoms with Crippen molar-refractivity contribution in [2.45, 2.75) is 13.3 Å². The van der Waals surface area contributed by atoms with Crippen LogP contribution in [0.4, 0.5) is 5.69 Å². The van der Waals surface area contributed by atoms with Crippen molar-refractivity contribution in [3.05, 3.63) is 29.3 Å². The van der Waals surface area contributed by atoms with Gasteiger partial charge in [-0.3, -0.25) is 4.79 Å². The van der Waals surface area contributed by atoms with Gasteiger partial charge < -0.3 is 19.9 Å². The van der Waals surface area contributed by atoms with E-state index in [9.17, 15) is 4.79 Å². The normalized spacial score (nSPS) is 9.86. The van der Waals surface area contributed by atoms with Crippen molar-refractivity contribution >= 4 is 11.6 Å².